The Balaban J connectivity index is 2.64. The normalized spacial score (nSPS) is 11.6. The summed E-state index contributed by atoms with van der Waals surface area (Å²) in [6.45, 7) is 10.6. The van der Waals surface area contributed by atoms with Crippen molar-refractivity contribution in [1.29, 1.82) is 0 Å². The van der Waals surface area contributed by atoms with Gasteiger partial charge in [-0.2, -0.15) is 0 Å². The van der Waals surface area contributed by atoms with E-state index in [1.54, 1.807) is 18.2 Å². The van der Waals surface area contributed by atoms with E-state index in [4.69, 9.17) is 18.6 Å². The molecule has 1 aromatic carbocycles. The van der Waals surface area contributed by atoms with E-state index >= 15 is 0 Å². The van der Waals surface area contributed by atoms with E-state index in [1.807, 2.05) is 34.6 Å². The summed E-state index contributed by atoms with van der Waals surface area (Å²) >= 11 is 0. The van der Waals surface area contributed by atoms with Gasteiger partial charge >= 0.3 is 11.6 Å². The lowest BCUT2D eigenvalue weighted by molar-refractivity contribution is -0.132. The summed E-state index contributed by atoms with van der Waals surface area (Å²) in [5.41, 5.74) is -0.863. The van der Waals surface area contributed by atoms with Gasteiger partial charge < -0.3 is 18.6 Å². The van der Waals surface area contributed by atoms with Crippen molar-refractivity contribution in [2.24, 2.45) is 0 Å². The third-order valence-electron chi connectivity index (χ3n) is 2.82. The number of fused-ring (bicyclic) bond motifs is 1. The molecule has 0 aliphatic heterocycles. The van der Waals surface area contributed by atoms with E-state index < -0.39 is 11.6 Å². The van der Waals surface area contributed by atoms with Crippen LogP contribution in [0, 0.1) is 0 Å². The number of hydrogen-bond acceptors (Lipinski definition) is 6. The smallest absolute Gasteiger partial charge is 0.383 e. The Morgan fingerprint density at radius 3 is 2.38 bits per heavy atom. The molecule has 0 saturated carbocycles. The molecule has 2 rings (SSSR count). The molecule has 0 bridgehead atoms. The number of benzene rings is 1. The molecule has 6 heteroatoms. The molecule has 0 aliphatic carbocycles. The standard InChI is InChI=1S/C18H22O6/c1-10(2)21-15-13-8-7-12(24-18(4,5)6)9-14(13)23-17(20)16(15)22-11(3)19/h7-10H,1-6H3. The van der Waals surface area contributed by atoms with Crippen molar-refractivity contribution in [3.8, 4) is 17.2 Å². The second-order valence-electron chi connectivity index (χ2n) is 6.68. The summed E-state index contributed by atoms with van der Waals surface area (Å²) in [5, 5.41) is 0.529. The molecule has 0 amide bonds. The van der Waals surface area contributed by atoms with Crippen LogP contribution in [0.1, 0.15) is 41.5 Å². The van der Waals surface area contributed by atoms with E-state index in [-0.39, 0.29) is 23.2 Å². The second-order valence-corrected chi connectivity index (χ2v) is 6.68. The van der Waals surface area contributed by atoms with Gasteiger partial charge in [0.05, 0.1) is 11.5 Å². The van der Waals surface area contributed by atoms with Crippen LogP contribution in [-0.4, -0.2) is 17.7 Å². The van der Waals surface area contributed by atoms with Crippen molar-refractivity contribution in [2.45, 2.75) is 53.2 Å². The van der Waals surface area contributed by atoms with Crippen LogP contribution in [0.5, 0.6) is 17.2 Å². The van der Waals surface area contributed by atoms with Gasteiger partial charge in [-0.1, -0.05) is 0 Å². The van der Waals surface area contributed by atoms with Crippen LogP contribution < -0.4 is 19.8 Å². The number of esters is 1. The number of ether oxygens (including phenoxy) is 3. The number of rotatable bonds is 4. The van der Waals surface area contributed by atoms with E-state index in [2.05, 4.69) is 0 Å². The molecule has 0 aliphatic rings. The van der Waals surface area contributed by atoms with E-state index in [0.29, 0.717) is 16.7 Å². The predicted octanol–water partition coefficient (Wildman–Crippen LogP) is 3.68. The van der Waals surface area contributed by atoms with Crippen LogP contribution in [0.4, 0.5) is 0 Å². The number of carbonyl (C=O) groups excluding carboxylic acids is 1. The Bertz CT molecular complexity index is 811. The van der Waals surface area contributed by atoms with Gasteiger partial charge in [0.15, 0.2) is 5.75 Å². The lowest BCUT2D eigenvalue weighted by Gasteiger charge is -2.21. The van der Waals surface area contributed by atoms with Crippen molar-refractivity contribution < 1.29 is 23.4 Å². The van der Waals surface area contributed by atoms with Gasteiger partial charge in [-0.15, -0.1) is 0 Å². The van der Waals surface area contributed by atoms with Crippen molar-refractivity contribution in [3.05, 3.63) is 28.6 Å². The Hall–Kier alpha value is -2.50. The highest BCUT2D eigenvalue weighted by Crippen LogP contribution is 2.35. The van der Waals surface area contributed by atoms with Crippen LogP contribution in [0.15, 0.2) is 27.4 Å². The molecule has 0 radical (unpaired) electrons. The van der Waals surface area contributed by atoms with Crippen LogP contribution in [0.25, 0.3) is 11.0 Å². The molecular weight excluding hydrogens is 312 g/mol. The highest BCUT2D eigenvalue weighted by Gasteiger charge is 2.21. The largest absolute Gasteiger partial charge is 0.488 e. The van der Waals surface area contributed by atoms with E-state index in [0.717, 1.165) is 0 Å². The molecule has 2 aromatic rings. The van der Waals surface area contributed by atoms with E-state index in [1.165, 1.54) is 6.92 Å². The summed E-state index contributed by atoms with van der Waals surface area (Å²) in [6, 6.07) is 5.08. The van der Waals surface area contributed by atoms with E-state index in [9.17, 15) is 9.59 Å². The van der Waals surface area contributed by atoms with Gasteiger partial charge in [-0.3, -0.25) is 4.79 Å². The topological polar surface area (TPSA) is 75.0 Å². The molecule has 6 nitrogen and oxygen atoms in total. The Labute approximate surface area is 140 Å². The lowest BCUT2D eigenvalue weighted by atomic mass is 10.1. The molecule has 24 heavy (non-hydrogen) atoms. The van der Waals surface area contributed by atoms with Crippen molar-refractivity contribution in [1.82, 2.24) is 0 Å². The van der Waals surface area contributed by atoms with Crippen LogP contribution in [-0.2, 0) is 4.79 Å². The van der Waals surface area contributed by atoms with Crippen LogP contribution >= 0.6 is 0 Å². The van der Waals surface area contributed by atoms with Crippen LogP contribution in [0.2, 0.25) is 0 Å². The Morgan fingerprint density at radius 1 is 1.17 bits per heavy atom. The summed E-state index contributed by atoms with van der Waals surface area (Å²) in [5.74, 6) is -0.112. The summed E-state index contributed by atoms with van der Waals surface area (Å²) in [6.07, 6.45) is -0.213. The fraction of sp³-hybridized carbons (Fsp3) is 0.444. The molecule has 0 atom stereocenters. The average molecular weight is 334 g/mol. The molecule has 0 unspecified atom stereocenters. The van der Waals surface area contributed by atoms with Crippen molar-refractivity contribution >= 4 is 16.9 Å². The van der Waals surface area contributed by atoms with Crippen LogP contribution in [0.3, 0.4) is 0 Å². The molecule has 0 fully saturated rings. The first kappa shape index (κ1) is 17.8. The molecular formula is C18H22O6. The monoisotopic (exact) mass is 334 g/mol. The quantitative estimate of drug-likeness (QED) is 0.627. The highest BCUT2D eigenvalue weighted by molar-refractivity contribution is 5.87. The summed E-state index contributed by atoms with van der Waals surface area (Å²) < 4.78 is 21.8. The van der Waals surface area contributed by atoms with Gasteiger partial charge in [0.25, 0.3) is 5.75 Å². The maximum atomic E-state index is 12.2. The molecule has 130 valence electrons. The summed E-state index contributed by atoms with van der Waals surface area (Å²) in [7, 11) is 0. The maximum Gasteiger partial charge on any atom is 0.383 e. The van der Waals surface area contributed by atoms with Gasteiger partial charge in [0.1, 0.15) is 16.9 Å². The average Bonchev–Trinajstić information content (AvgIpc) is 2.39. The minimum atomic E-state index is -0.777. The van der Waals surface area contributed by atoms with Gasteiger partial charge in [0, 0.05) is 13.0 Å². The van der Waals surface area contributed by atoms with Gasteiger partial charge in [0.2, 0.25) is 0 Å². The maximum absolute atomic E-state index is 12.2. The lowest BCUT2D eigenvalue weighted by Crippen LogP contribution is -2.22. The SMILES string of the molecule is CC(=O)Oc1c(OC(C)C)c2ccc(OC(C)(C)C)cc2oc1=O. The predicted molar refractivity (Wildman–Crippen MR) is 89.9 cm³/mol. The first-order valence-corrected chi connectivity index (χ1v) is 7.72. The molecule has 1 heterocycles. The van der Waals surface area contributed by atoms with Crippen molar-refractivity contribution in [2.75, 3.05) is 0 Å². The minimum absolute atomic E-state index is 0.189. The zero-order chi connectivity index (χ0) is 18.1. The molecule has 0 spiro atoms. The zero-order valence-electron chi connectivity index (χ0n) is 14.8. The number of carbonyl (C=O) groups is 1. The highest BCUT2D eigenvalue weighted by atomic mass is 16.6. The third-order valence-corrected chi connectivity index (χ3v) is 2.82. The second kappa shape index (κ2) is 6.55. The molecule has 1 aromatic heterocycles. The minimum Gasteiger partial charge on any atom is -0.488 e. The molecule has 0 N–H and O–H groups in total. The van der Waals surface area contributed by atoms with Gasteiger partial charge in [-0.25, -0.2) is 4.79 Å². The molecule has 0 saturated heterocycles. The first-order chi connectivity index (χ1) is 11.1. The van der Waals surface area contributed by atoms with Crippen molar-refractivity contribution in [3.63, 3.8) is 0 Å². The fourth-order valence-corrected chi connectivity index (χ4v) is 2.14. The Morgan fingerprint density at radius 2 is 1.83 bits per heavy atom. The zero-order valence-corrected chi connectivity index (χ0v) is 14.8. The summed E-state index contributed by atoms with van der Waals surface area (Å²) in [4.78, 5) is 23.5. The van der Waals surface area contributed by atoms with Gasteiger partial charge in [-0.05, 0) is 46.8 Å². The Kier molecular flexibility index (Phi) is 4.87. The fourth-order valence-electron chi connectivity index (χ4n) is 2.14. The number of hydrogen-bond donors (Lipinski definition) is 0. The third kappa shape index (κ3) is 4.28. The first-order valence-electron chi connectivity index (χ1n) is 7.72.